The van der Waals surface area contributed by atoms with Gasteiger partial charge in [0.15, 0.2) is 0 Å². The molecular weight excluding hydrogens is 268 g/mol. The second kappa shape index (κ2) is 4.34. The first-order valence-electron chi connectivity index (χ1n) is 5.46. The summed E-state index contributed by atoms with van der Waals surface area (Å²) in [6.45, 7) is 0. The van der Waals surface area contributed by atoms with Crippen LogP contribution in [0.3, 0.4) is 0 Å². The molecule has 1 heterocycles. The minimum absolute atomic E-state index is 0.516. The summed E-state index contributed by atoms with van der Waals surface area (Å²) in [5.41, 5.74) is 1.52. The van der Waals surface area contributed by atoms with Gasteiger partial charge < -0.3 is 5.11 Å². The van der Waals surface area contributed by atoms with Crippen LogP contribution in [-0.4, -0.2) is 11.1 Å². The number of rotatable bonds is 1. The molecule has 0 saturated carbocycles. The van der Waals surface area contributed by atoms with Crippen LogP contribution in [-0.2, 0) is 4.79 Å². The Hall–Kier alpha value is -1.45. The molecule has 1 N–H and O–H groups in total. The quantitative estimate of drug-likeness (QED) is 0.855. The minimum atomic E-state index is -0.864. The van der Waals surface area contributed by atoms with Crippen LogP contribution in [0.15, 0.2) is 52.3 Å². The number of hydrogen-bond acceptors (Lipinski definition) is 2. The van der Waals surface area contributed by atoms with Gasteiger partial charge >= 0.3 is 5.97 Å². The Morgan fingerprint density at radius 3 is 2.61 bits per heavy atom. The molecule has 90 valence electrons. The molecule has 2 aromatic rings. The van der Waals surface area contributed by atoms with Gasteiger partial charge in [0.25, 0.3) is 0 Å². The molecule has 0 bridgehead atoms. The Morgan fingerprint density at radius 1 is 1.11 bits per heavy atom. The highest BCUT2D eigenvalue weighted by atomic mass is 35.5. The van der Waals surface area contributed by atoms with E-state index in [0.717, 1.165) is 15.4 Å². The largest absolute Gasteiger partial charge is 0.481 e. The van der Waals surface area contributed by atoms with E-state index >= 15 is 0 Å². The number of halogens is 1. The predicted molar refractivity (Wildman–Crippen MR) is 71.5 cm³/mol. The summed E-state index contributed by atoms with van der Waals surface area (Å²) in [5.74, 6) is -1.54. The van der Waals surface area contributed by atoms with Crippen molar-refractivity contribution in [1.82, 2.24) is 0 Å². The van der Waals surface area contributed by atoms with E-state index in [-0.39, 0.29) is 0 Å². The van der Waals surface area contributed by atoms with Gasteiger partial charge in [-0.2, -0.15) is 0 Å². The summed E-state index contributed by atoms with van der Waals surface area (Å²) in [4.78, 5) is 13.5. The Balaban J connectivity index is 2.28. The van der Waals surface area contributed by atoms with Gasteiger partial charge in [-0.25, -0.2) is 0 Å². The highest BCUT2D eigenvalue weighted by Gasteiger charge is 2.32. The maximum atomic E-state index is 11.6. The van der Waals surface area contributed by atoms with Crippen LogP contribution in [0.5, 0.6) is 0 Å². The summed E-state index contributed by atoms with van der Waals surface area (Å²) in [6.07, 6.45) is 0. The van der Waals surface area contributed by atoms with Crippen molar-refractivity contribution >= 4 is 29.3 Å². The molecule has 0 amide bonds. The summed E-state index contributed by atoms with van der Waals surface area (Å²) in [5, 5.41) is 10.0. The van der Waals surface area contributed by atoms with Gasteiger partial charge in [0.1, 0.15) is 5.92 Å². The highest BCUT2D eigenvalue weighted by molar-refractivity contribution is 7.99. The molecule has 0 aromatic heterocycles. The van der Waals surface area contributed by atoms with E-state index in [9.17, 15) is 9.90 Å². The van der Waals surface area contributed by atoms with Crippen LogP contribution in [0.25, 0.3) is 0 Å². The summed E-state index contributed by atoms with van der Waals surface area (Å²) >= 11 is 7.74. The summed E-state index contributed by atoms with van der Waals surface area (Å²) in [6, 6.07) is 13.1. The van der Waals surface area contributed by atoms with Gasteiger partial charge in [-0.1, -0.05) is 47.6 Å². The lowest BCUT2D eigenvalue weighted by atomic mass is 9.90. The predicted octanol–water partition coefficient (Wildman–Crippen LogP) is 4.02. The van der Waals surface area contributed by atoms with Crippen LogP contribution in [0.2, 0.25) is 5.02 Å². The Bertz CT molecular complexity index is 639. The van der Waals surface area contributed by atoms with Crippen molar-refractivity contribution in [3.63, 3.8) is 0 Å². The molecule has 3 rings (SSSR count). The SMILES string of the molecule is O=C(O)C1c2ccccc2Sc2cccc(Cl)c21. The van der Waals surface area contributed by atoms with Crippen LogP contribution in [0.4, 0.5) is 0 Å². The van der Waals surface area contributed by atoms with Crippen LogP contribution < -0.4 is 0 Å². The van der Waals surface area contributed by atoms with Crippen LogP contribution in [0, 0.1) is 0 Å². The zero-order valence-electron chi connectivity index (χ0n) is 9.26. The smallest absolute Gasteiger partial charge is 0.315 e. The Labute approximate surface area is 114 Å². The van der Waals surface area contributed by atoms with Gasteiger partial charge in [-0.15, -0.1) is 0 Å². The second-order valence-electron chi connectivity index (χ2n) is 4.06. The van der Waals surface area contributed by atoms with Gasteiger partial charge in [0.05, 0.1) is 0 Å². The molecule has 1 aliphatic rings. The molecule has 1 unspecified atom stereocenters. The number of carboxylic acids is 1. The van der Waals surface area contributed by atoms with Crippen molar-refractivity contribution in [3.8, 4) is 0 Å². The normalized spacial score (nSPS) is 16.8. The molecule has 2 nitrogen and oxygen atoms in total. The molecule has 4 heteroatoms. The fourth-order valence-electron chi connectivity index (χ4n) is 2.23. The molecule has 2 aromatic carbocycles. The lowest BCUT2D eigenvalue weighted by Crippen LogP contribution is -2.17. The first kappa shape index (κ1) is 11.6. The molecule has 0 saturated heterocycles. The van der Waals surface area contributed by atoms with Gasteiger partial charge in [-0.3, -0.25) is 4.79 Å². The molecule has 0 spiro atoms. The van der Waals surface area contributed by atoms with E-state index < -0.39 is 11.9 Å². The minimum Gasteiger partial charge on any atom is -0.481 e. The fourth-order valence-corrected chi connectivity index (χ4v) is 3.74. The van der Waals surface area contributed by atoms with Crippen molar-refractivity contribution in [2.75, 3.05) is 0 Å². The topological polar surface area (TPSA) is 37.3 Å². The van der Waals surface area contributed by atoms with Crippen molar-refractivity contribution in [1.29, 1.82) is 0 Å². The number of fused-ring (bicyclic) bond motifs is 2. The third kappa shape index (κ3) is 1.71. The Morgan fingerprint density at radius 2 is 1.83 bits per heavy atom. The van der Waals surface area contributed by atoms with Crippen LogP contribution in [0.1, 0.15) is 17.0 Å². The van der Waals surface area contributed by atoms with E-state index in [2.05, 4.69) is 0 Å². The molecule has 0 fully saturated rings. The monoisotopic (exact) mass is 276 g/mol. The van der Waals surface area contributed by atoms with E-state index in [0.29, 0.717) is 10.6 Å². The standard InChI is InChI=1S/C14H9ClO2S/c15-9-5-3-7-11-13(9)12(14(16)17)8-4-1-2-6-10(8)18-11/h1-7,12H,(H,16,17). The maximum Gasteiger partial charge on any atom is 0.315 e. The molecule has 1 aliphatic heterocycles. The molecule has 1 atom stereocenters. The first-order valence-corrected chi connectivity index (χ1v) is 6.66. The van der Waals surface area contributed by atoms with E-state index in [1.807, 2.05) is 36.4 Å². The van der Waals surface area contributed by atoms with E-state index in [1.165, 1.54) is 0 Å². The number of carbonyl (C=O) groups is 1. The molecule has 0 radical (unpaired) electrons. The van der Waals surface area contributed by atoms with Crippen molar-refractivity contribution in [2.24, 2.45) is 0 Å². The highest BCUT2D eigenvalue weighted by Crippen LogP contribution is 2.48. The van der Waals surface area contributed by atoms with Gasteiger partial charge in [0, 0.05) is 20.4 Å². The van der Waals surface area contributed by atoms with Gasteiger partial charge in [-0.05, 0) is 23.8 Å². The second-order valence-corrected chi connectivity index (χ2v) is 5.55. The average molecular weight is 277 g/mol. The van der Waals surface area contributed by atoms with Crippen molar-refractivity contribution < 1.29 is 9.90 Å². The lowest BCUT2D eigenvalue weighted by molar-refractivity contribution is -0.137. The summed E-state index contributed by atoms with van der Waals surface area (Å²) < 4.78 is 0. The number of benzene rings is 2. The molecule has 0 aliphatic carbocycles. The van der Waals surface area contributed by atoms with Gasteiger partial charge in [0.2, 0.25) is 0 Å². The third-order valence-electron chi connectivity index (χ3n) is 3.00. The zero-order chi connectivity index (χ0) is 12.7. The number of aliphatic carboxylic acids is 1. The van der Waals surface area contributed by atoms with E-state index in [1.54, 1.807) is 17.8 Å². The summed E-state index contributed by atoms with van der Waals surface area (Å²) in [7, 11) is 0. The number of hydrogen-bond donors (Lipinski definition) is 1. The van der Waals surface area contributed by atoms with Crippen molar-refractivity contribution in [2.45, 2.75) is 15.7 Å². The zero-order valence-corrected chi connectivity index (χ0v) is 10.8. The Kier molecular flexibility index (Phi) is 2.80. The lowest BCUT2D eigenvalue weighted by Gasteiger charge is -2.25. The molecule has 18 heavy (non-hydrogen) atoms. The number of carboxylic acid groups (broad SMARTS) is 1. The van der Waals surface area contributed by atoms with E-state index in [4.69, 9.17) is 11.6 Å². The molecular formula is C14H9ClO2S. The maximum absolute atomic E-state index is 11.6. The third-order valence-corrected chi connectivity index (χ3v) is 4.50. The van der Waals surface area contributed by atoms with Crippen molar-refractivity contribution in [3.05, 3.63) is 58.6 Å². The van der Waals surface area contributed by atoms with Crippen LogP contribution >= 0.6 is 23.4 Å². The average Bonchev–Trinajstić information content (AvgIpc) is 2.36. The fraction of sp³-hybridized carbons (Fsp3) is 0.0714. The first-order chi connectivity index (χ1) is 8.68.